The summed E-state index contributed by atoms with van der Waals surface area (Å²) in [6.07, 6.45) is 2.25. The molecule has 0 aromatic rings. The highest BCUT2D eigenvalue weighted by Gasteiger charge is 2.40. The van der Waals surface area contributed by atoms with E-state index in [1.165, 1.54) is 0 Å². The lowest BCUT2D eigenvalue weighted by Gasteiger charge is -2.40. The molecule has 0 saturated carbocycles. The van der Waals surface area contributed by atoms with Crippen LogP contribution < -0.4 is 17.7 Å². The van der Waals surface area contributed by atoms with E-state index >= 15 is 0 Å². The van der Waals surface area contributed by atoms with Crippen LogP contribution in [-0.2, 0) is 0 Å². The Morgan fingerprint density at radius 3 is 1.67 bits per heavy atom. The monoisotopic (exact) mass is 211 g/mol. The van der Waals surface area contributed by atoms with E-state index in [0.717, 1.165) is 12.8 Å². The van der Waals surface area contributed by atoms with Crippen LogP contribution in [0, 0.1) is 0 Å². The molecule has 0 aromatic carbocycles. The Balaban J connectivity index is 0.00000121. The summed E-state index contributed by atoms with van der Waals surface area (Å²) in [6.45, 7) is 9.07. The number of piperidine rings is 1. The summed E-state index contributed by atoms with van der Waals surface area (Å²) in [4.78, 5) is 0. The third-order valence-corrected chi connectivity index (χ3v) is 2.59. The molecule has 0 unspecified atom stereocenters. The van der Waals surface area contributed by atoms with Crippen molar-refractivity contribution in [1.29, 1.82) is 0 Å². The first-order valence-corrected chi connectivity index (χ1v) is 4.76. The maximum atomic E-state index is 6.17. The summed E-state index contributed by atoms with van der Waals surface area (Å²) in [5.74, 6) is 0. The fourth-order valence-electron chi connectivity index (χ4n) is 2.39. The molecule has 0 atom stereocenters. The quantitative estimate of drug-likeness (QED) is 0.471. The van der Waals surface area contributed by atoms with Gasteiger partial charge in [-0.3, -0.25) is 0 Å². The van der Waals surface area contributed by atoms with Gasteiger partial charge in [0.25, 0.3) is 0 Å². The highest BCUT2D eigenvalue weighted by Crippen LogP contribution is 2.25. The van der Waals surface area contributed by atoms with Crippen LogP contribution in [0.15, 0.2) is 0 Å². The molecule has 12 heavy (non-hydrogen) atoms. The SMILES string of the molecule is CC1(C)CC(Cl)CC(C)(C)[NH2+]1.[Cl-]. The number of halogens is 2. The summed E-state index contributed by atoms with van der Waals surface area (Å²) in [5.41, 5.74) is 0.655. The summed E-state index contributed by atoms with van der Waals surface area (Å²) >= 11 is 6.17. The number of hydrogen-bond donors (Lipinski definition) is 1. The molecule has 2 N–H and O–H groups in total. The molecule has 0 radical (unpaired) electrons. The number of alkyl halides is 1. The topological polar surface area (TPSA) is 16.6 Å². The molecule has 3 heteroatoms. The molecule has 0 aromatic heterocycles. The summed E-state index contributed by atoms with van der Waals surface area (Å²) in [7, 11) is 0. The first-order valence-electron chi connectivity index (χ1n) is 4.32. The number of hydrogen-bond acceptors (Lipinski definition) is 0. The molecular weight excluding hydrogens is 193 g/mol. The van der Waals surface area contributed by atoms with Crippen LogP contribution >= 0.6 is 11.6 Å². The molecule has 1 rings (SSSR count). The second-order valence-electron chi connectivity index (χ2n) is 5.13. The Labute approximate surface area is 86.7 Å². The van der Waals surface area contributed by atoms with E-state index in [4.69, 9.17) is 11.6 Å². The molecule has 74 valence electrons. The van der Waals surface area contributed by atoms with E-state index in [0.29, 0.717) is 16.5 Å². The van der Waals surface area contributed by atoms with Gasteiger partial charge >= 0.3 is 0 Å². The van der Waals surface area contributed by atoms with Gasteiger partial charge < -0.3 is 17.7 Å². The zero-order chi connectivity index (χ0) is 8.70. The molecule has 1 aliphatic heterocycles. The van der Waals surface area contributed by atoms with Crippen LogP contribution in [-0.4, -0.2) is 16.5 Å². The van der Waals surface area contributed by atoms with E-state index in [1.807, 2.05) is 0 Å². The van der Waals surface area contributed by atoms with Crippen LogP contribution in [0.3, 0.4) is 0 Å². The maximum absolute atomic E-state index is 6.17. The fraction of sp³-hybridized carbons (Fsp3) is 1.00. The van der Waals surface area contributed by atoms with Crippen molar-refractivity contribution in [2.75, 3.05) is 0 Å². The predicted octanol–water partition coefficient (Wildman–Crippen LogP) is -1.49. The van der Waals surface area contributed by atoms with Crippen molar-refractivity contribution in [3.63, 3.8) is 0 Å². The minimum absolute atomic E-state index is 0. The molecule has 1 fully saturated rings. The van der Waals surface area contributed by atoms with Crippen molar-refractivity contribution < 1.29 is 17.7 Å². The maximum Gasteiger partial charge on any atom is 0.0922 e. The number of nitrogens with two attached hydrogens (primary N) is 1. The van der Waals surface area contributed by atoms with Gasteiger partial charge in [0, 0.05) is 18.2 Å². The molecule has 1 heterocycles. The Morgan fingerprint density at radius 2 is 1.42 bits per heavy atom. The third-order valence-electron chi connectivity index (χ3n) is 2.28. The highest BCUT2D eigenvalue weighted by atomic mass is 35.5. The van der Waals surface area contributed by atoms with Gasteiger partial charge in [0.1, 0.15) is 0 Å². The van der Waals surface area contributed by atoms with E-state index < -0.39 is 0 Å². The zero-order valence-corrected chi connectivity index (χ0v) is 9.84. The van der Waals surface area contributed by atoms with Crippen molar-refractivity contribution in [2.24, 2.45) is 0 Å². The molecule has 0 aliphatic carbocycles. The van der Waals surface area contributed by atoms with Crippen LogP contribution in [0.25, 0.3) is 0 Å². The van der Waals surface area contributed by atoms with Gasteiger partial charge in [-0.25, -0.2) is 0 Å². The predicted molar refractivity (Wildman–Crippen MR) is 49.0 cm³/mol. The van der Waals surface area contributed by atoms with Crippen LogP contribution in [0.2, 0.25) is 0 Å². The first-order chi connectivity index (χ1) is 4.81. The molecule has 0 amide bonds. The van der Waals surface area contributed by atoms with Crippen LogP contribution in [0.1, 0.15) is 40.5 Å². The van der Waals surface area contributed by atoms with Gasteiger partial charge in [0.05, 0.1) is 11.1 Å². The smallest absolute Gasteiger partial charge is 0.0922 e. The lowest BCUT2D eigenvalue weighted by atomic mass is 9.82. The lowest BCUT2D eigenvalue weighted by Crippen LogP contribution is -3.05. The number of rotatable bonds is 0. The number of quaternary nitrogens is 1. The molecule has 1 nitrogen and oxygen atoms in total. The standard InChI is InChI=1S/C9H18ClN.ClH/c1-8(2)5-7(10)6-9(3,4)11-8;/h7,11H,5-6H2,1-4H3;1H. The van der Waals surface area contributed by atoms with Gasteiger partial charge in [0.15, 0.2) is 0 Å². The Bertz CT molecular complexity index is 139. The van der Waals surface area contributed by atoms with E-state index in [-0.39, 0.29) is 12.4 Å². The largest absolute Gasteiger partial charge is 1.00 e. The summed E-state index contributed by atoms with van der Waals surface area (Å²) in [5, 5.41) is 2.81. The fourth-order valence-corrected chi connectivity index (χ4v) is 3.18. The molecule has 1 aliphatic rings. The molecule has 0 spiro atoms. The van der Waals surface area contributed by atoms with Crippen molar-refractivity contribution in [2.45, 2.75) is 57.0 Å². The van der Waals surface area contributed by atoms with Gasteiger partial charge in [0.2, 0.25) is 0 Å². The second-order valence-corrected chi connectivity index (χ2v) is 5.74. The Morgan fingerprint density at radius 1 is 1.08 bits per heavy atom. The summed E-state index contributed by atoms with van der Waals surface area (Å²) in [6, 6.07) is 0. The van der Waals surface area contributed by atoms with Crippen LogP contribution in [0.5, 0.6) is 0 Å². The van der Waals surface area contributed by atoms with Gasteiger partial charge in [-0.1, -0.05) is 0 Å². The van der Waals surface area contributed by atoms with Gasteiger partial charge in [-0.05, 0) is 27.7 Å². The minimum Gasteiger partial charge on any atom is -1.00 e. The van der Waals surface area contributed by atoms with E-state index in [2.05, 4.69) is 33.0 Å². The van der Waals surface area contributed by atoms with Crippen molar-refractivity contribution in [1.82, 2.24) is 0 Å². The van der Waals surface area contributed by atoms with Crippen molar-refractivity contribution in [3.8, 4) is 0 Å². The molecular formula is C9H19Cl2N. The Hall–Kier alpha value is 0.540. The van der Waals surface area contributed by atoms with Gasteiger partial charge in [-0.2, -0.15) is 0 Å². The highest BCUT2D eigenvalue weighted by molar-refractivity contribution is 6.20. The zero-order valence-electron chi connectivity index (χ0n) is 8.32. The minimum atomic E-state index is 0. The average molecular weight is 212 g/mol. The normalized spacial score (nSPS) is 27.8. The second kappa shape index (κ2) is 3.73. The van der Waals surface area contributed by atoms with Crippen LogP contribution in [0.4, 0.5) is 0 Å². The Kier molecular flexibility index (Phi) is 3.90. The molecule has 0 bridgehead atoms. The summed E-state index contributed by atoms with van der Waals surface area (Å²) < 4.78 is 0. The van der Waals surface area contributed by atoms with Crippen molar-refractivity contribution in [3.05, 3.63) is 0 Å². The average Bonchev–Trinajstić information content (AvgIpc) is 1.49. The first kappa shape index (κ1) is 12.5. The van der Waals surface area contributed by atoms with Gasteiger partial charge in [-0.15, -0.1) is 11.6 Å². The van der Waals surface area contributed by atoms with E-state index in [1.54, 1.807) is 0 Å². The molecule has 1 saturated heterocycles. The third kappa shape index (κ3) is 3.51. The van der Waals surface area contributed by atoms with E-state index in [9.17, 15) is 0 Å². The lowest BCUT2D eigenvalue weighted by molar-refractivity contribution is -0.786. The van der Waals surface area contributed by atoms with Crippen molar-refractivity contribution >= 4 is 11.6 Å².